The van der Waals surface area contributed by atoms with Crippen LogP contribution in [-0.4, -0.2) is 46.2 Å². The van der Waals surface area contributed by atoms with Crippen LogP contribution in [0.4, 0.5) is 0 Å². The molecule has 1 unspecified atom stereocenters. The number of likely N-dealkylation sites (tertiary alicyclic amines) is 1. The van der Waals surface area contributed by atoms with Gasteiger partial charge in [-0.05, 0) is 30.5 Å². The van der Waals surface area contributed by atoms with Gasteiger partial charge in [-0.15, -0.1) is 0 Å². The summed E-state index contributed by atoms with van der Waals surface area (Å²) in [6, 6.07) is 15.5. The summed E-state index contributed by atoms with van der Waals surface area (Å²) < 4.78 is 0. The SMILES string of the molecule is O=C(CN1C(=O)c2ccccc2C1c1c[nH]c2ccccc12)N1CCCC1. The van der Waals surface area contributed by atoms with Crippen LogP contribution in [0.25, 0.3) is 10.9 Å². The van der Waals surface area contributed by atoms with Gasteiger partial charge in [0.25, 0.3) is 5.91 Å². The topological polar surface area (TPSA) is 56.4 Å². The third-order valence-electron chi connectivity index (χ3n) is 5.74. The van der Waals surface area contributed by atoms with E-state index >= 15 is 0 Å². The van der Waals surface area contributed by atoms with E-state index in [-0.39, 0.29) is 24.4 Å². The third kappa shape index (κ3) is 2.53. The second-order valence-corrected chi connectivity index (χ2v) is 7.30. The number of H-pyrrole nitrogens is 1. The van der Waals surface area contributed by atoms with E-state index in [2.05, 4.69) is 11.1 Å². The Morgan fingerprint density at radius 1 is 1.00 bits per heavy atom. The van der Waals surface area contributed by atoms with Crippen molar-refractivity contribution < 1.29 is 9.59 Å². The fourth-order valence-electron chi connectivity index (χ4n) is 4.40. The average Bonchev–Trinajstić information content (AvgIpc) is 3.42. The van der Waals surface area contributed by atoms with Crippen molar-refractivity contribution in [1.82, 2.24) is 14.8 Å². The number of carbonyl (C=O) groups is 2. The number of para-hydroxylation sites is 1. The fourth-order valence-corrected chi connectivity index (χ4v) is 4.40. The zero-order valence-corrected chi connectivity index (χ0v) is 15.0. The molecule has 3 aromatic rings. The lowest BCUT2D eigenvalue weighted by atomic mass is 9.97. The number of aromatic amines is 1. The molecule has 1 atom stereocenters. The molecule has 2 aliphatic rings. The molecule has 5 nitrogen and oxygen atoms in total. The minimum absolute atomic E-state index is 0.0403. The number of benzene rings is 2. The number of fused-ring (bicyclic) bond motifs is 2. The number of rotatable bonds is 3. The Hall–Kier alpha value is -3.08. The molecule has 1 saturated heterocycles. The van der Waals surface area contributed by atoms with Crippen LogP contribution in [0.1, 0.15) is 40.4 Å². The maximum atomic E-state index is 13.1. The zero-order chi connectivity index (χ0) is 18.4. The first-order chi connectivity index (χ1) is 13.2. The number of nitrogens with one attached hydrogen (secondary N) is 1. The molecule has 2 aliphatic heterocycles. The molecule has 5 heteroatoms. The number of aromatic nitrogens is 1. The van der Waals surface area contributed by atoms with E-state index in [0.717, 1.165) is 48.0 Å². The summed E-state index contributed by atoms with van der Waals surface area (Å²) in [5.74, 6) is -0.0214. The zero-order valence-electron chi connectivity index (χ0n) is 15.0. The smallest absolute Gasteiger partial charge is 0.255 e. The molecule has 3 heterocycles. The number of carbonyl (C=O) groups excluding carboxylic acids is 2. The molecule has 136 valence electrons. The monoisotopic (exact) mass is 359 g/mol. The van der Waals surface area contributed by atoms with E-state index in [4.69, 9.17) is 0 Å². The molecule has 5 rings (SSSR count). The number of nitrogens with zero attached hydrogens (tertiary/aromatic N) is 2. The minimum atomic E-state index is -0.239. The van der Waals surface area contributed by atoms with Crippen LogP contribution in [0, 0.1) is 0 Å². The quantitative estimate of drug-likeness (QED) is 0.780. The van der Waals surface area contributed by atoms with E-state index in [1.807, 2.05) is 53.6 Å². The van der Waals surface area contributed by atoms with Gasteiger partial charge in [0.05, 0.1) is 6.04 Å². The molecule has 0 spiro atoms. The Bertz CT molecular complexity index is 1030. The molecule has 1 aromatic heterocycles. The van der Waals surface area contributed by atoms with Crippen LogP contribution in [0.5, 0.6) is 0 Å². The molecule has 2 aromatic carbocycles. The van der Waals surface area contributed by atoms with Crippen molar-refractivity contribution in [2.24, 2.45) is 0 Å². The molecule has 2 amide bonds. The molecule has 0 saturated carbocycles. The van der Waals surface area contributed by atoms with Crippen molar-refractivity contribution in [3.8, 4) is 0 Å². The van der Waals surface area contributed by atoms with Gasteiger partial charge >= 0.3 is 0 Å². The lowest BCUT2D eigenvalue weighted by Crippen LogP contribution is -2.40. The number of hydrogen-bond acceptors (Lipinski definition) is 2. The summed E-state index contributed by atoms with van der Waals surface area (Å²) in [5.41, 5.74) is 3.75. The lowest BCUT2D eigenvalue weighted by molar-refractivity contribution is -0.131. The van der Waals surface area contributed by atoms with Crippen LogP contribution in [0.3, 0.4) is 0 Å². The van der Waals surface area contributed by atoms with Crippen LogP contribution < -0.4 is 0 Å². The van der Waals surface area contributed by atoms with E-state index < -0.39 is 0 Å². The Balaban J connectivity index is 1.58. The first-order valence-electron chi connectivity index (χ1n) is 9.48. The predicted octanol–water partition coefficient (Wildman–Crippen LogP) is 3.34. The molecule has 1 fully saturated rings. The van der Waals surface area contributed by atoms with Gasteiger partial charge in [-0.2, -0.15) is 0 Å². The Morgan fingerprint density at radius 3 is 2.59 bits per heavy atom. The second kappa shape index (κ2) is 6.27. The molecule has 1 N–H and O–H groups in total. The fraction of sp³-hybridized carbons (Fsp3) is 0.273. The highest BCUT2D eigenvalue weighted by Crippen LogP contribution is 2.41. The van der Waals surface area contributed by atoms with Crippen molar-refractivity contribution in [3.63, 3.8) is 0 Å². The Morgan fingerprint density at radius 2 is 1.74 bits per heavy atom. The summed E-state index contributed by atoms with van der Waals surface area (Å²) >= 11 is 0. The Labute approximate surface area is 157 Å². The third-order valence-corrected chi connectivity index (χ3v) is 5.74. The summed E-state index contributed by atoms with van der Waals surface area (Å²) in [6.45, 7) is 1.72. The van der Waals surface area contributed by atoms with Crippen molar-refractivity contribution in [2.75, 3.05) is 19.6 Å². The van der Waals surface area contributed by atoms with Crippen molar-refractivity contribution in [2.45, 2.75) is 18.9 Å². The highest BCUT2D eigenvalue weighted by molar-refractivity contribution is 6.02. The highest BCUT2D eigenvalue weighted by Gasteiger charge is 2.40. The van der Waals surface area contributed by atoms with E-state index in [9.17, 15) is 9.59 Å². The normalized spacial score (nSPS) is 19.1. The lowest BCUT2D eigenvalue weighted by Gasteiger charge is -2.27. The molecular weight excluding hydrogens is 338 g/mol. The number of amides is 2. The van der Waals surface area contributed by atoms with Gasteiger partial charge in [0.15, 0.2) is 0 Å². The number of hydrogen-bond donors (Lipinski definition) is 1. The van der Waals surface area contributed by atoms with Crippen LogP contribution in [-0.2, 0) is 4.79 Å². The van der Waals surface area contributed by atoms with Crippen LogP contribution in [0.15, 0.2) is 54.7 Å². The van der Waals surface area contributed by atoms with Crippen LogP contribution >= 0.6 is 0 Å². The standard InChI is InChI=1S/C22H21N3O2/c26-20(24-11-5-6-12-24)14-25-21(16-8-1-2-9-17(16)22(25)27)18-13-23-19-10-4-3-7-15(18)19/h1-4,7-10,13,21,23H,5-6,11-12,14H2. The van der Waals surface area contributed by atoms with Gasteiger partial charge in [-0.3, -0.25) is 9.59 Å². The molecule has 0 aliphatic carbocycles. The molecule has 27 heavy (non-hydrogen) atoms. The molecule has 0 bridgehead atoms. The average molecular weight is 359 g/mol. The maximum Gasteiger partial charge on any atom is 0.255 e. The van der Waals surface area contributed by atoms with Gasteiger partial charge in [0.2, 0.25) is 5.91 Å². The summed E-state index contributed by atoms with van der Waals surface area (Å²) in [7, 11) is 0. The van der Waals surface area contributed by atoms with Crippen molar-refractivity contribution in [1.29, 1.82) is 0 Å². The summed E-state index contributed by atoms with van der Waals surface area (Å²) in [4.78, 5) is 32.9. The molecule has 0 radical (unpaired) electrons. The maximum absolute atomic E-state index is 13.1. The first-order valence-corrected chi connectivity index (χ1v) is 9.48. The molecular formula is C22H21N3O2. The second-order valence-electron chi connectivity index (χ2n) is 7.30. The largest absolute Gasteiger partial charge is 0.361 e. The van der Waals surface area contributed by atoms with Crippen molar-refractivity contribution in [3.05, 3.63) is 71.4 Å². The van der Waals surface area contributed by atoms with Crippen molar-refractivity contribution >= 4 is 22.7 Å². The van der Waals surface area contributed by atoms with Crippen LogP contribution in [0.2, 0.25) is 0 Å². The predicted molar refractivity (Wildman–Crippen MR) is 103 cm³/mol. The van der Waals surface area contributed by atoms with Gasteiger partial charge < -0.3 is 14.8 Å². The highest BCUT2D eigenvalue weighted by atomic mass is 16.2. The van der Waals surface area contributed by atoms with E-state index in [0.29, 0.717) is 5.56 Å². The van der Waals surface area contributed by atoms with E-state index in [1.54, 1.807) is 4.90 Å². The van der Waals surface area contributed by atoms with Gasteiger partial charge in [-0.1, -0.05) is 36.4 Å². The summed E-state index contributed by atoms with van der Waals surface area (Å²) in [6.07, 6.45) is 4.07. The van der Waals surface area contributed by atoms with Gasteiger partial charge in [0, 0.05) is 41.3 Å². The first kappa shape index (κ1) is 16.1. The summed E-state index contributed by atoms with van der Waals surface area (Å²) in [5, 5.41) is 1.09. The Kier molecular flexibility index (Phi) is 3.74. The van der Waals surface area contributed by atoms with E-state index in [1.165, 1.54) is 0 Å². The van der Waals surface area contributed by atoms with Gasteiger partial charge in [-0.25, -0.2) is 0 Å². The van der Waals surface area contributed by atoms with Gasteiger partial charge in [0.1, 0.15) is 6.54 Å². The minimum Gasteiger partial charge on any atom is -0.361 e.